The van der Waals surface area contributed by atoms with Crippen LogP contribution in [0.2, 0.25) is 0 Å². The van der Waals surface area contributed by atoms with Gasteiger partial charge >= 0.3 is 0 Å². The average molecular weight is 305 g/mol. The predicted molar refractivity (Wildman–Crippen MR) is 91.6 cm³/mol. The summed E-state index contributed by atoms with van der Waals surface area (Å²) in [5.74, 6) is 0.687. The van der Waals surface area contributed by atoms with Crippen LogP contribution in [0.4, 0.5) is 0 Å². The van der Waals surface area contributed by atoms with Gasteiger partial charge in [-0.1, -0.05) is 18.2 Å². The highest BCUT2D eigenvalue weighted by Crippen LogP contribution is 2.29. The number of benzene rings is 2. The van der Waals surface area contributed by atoms with Gasteiger partial charge in [0.1, 0.15) is 0 Å². The lowest BCUT2D eigenvalue weighted by molar-refractivity contribution is 0.0924. The minimum Gasteiger partial charge on any atom is -0.355 e. The van der Waals surface area contributed by atoms with Crippen molar-refractivity contribution in [1.82, 2.24) is 15.2 Å². The molecule has 0 saturated carbocycles. The van der Waals surface area contributed by atoms with Gasteiger partial charge < -0.3 is 15.2 Å². The lowest BCUT2D eigenvalue weighted by Crippen LogP contribution is -2.43. The third-order valence-electron chi connectivity index (χ3n) is 5.42. The Balaban J connectivity index is 1.47. The normalized spacial score (nSPS) is 26.2. The van der Waals surface area contributed by atoms with Crippen LogP contribution >= 0.6 is 0 Å². The Morgan fingerprint density at radius 2 is 1.96 bits per heavy atom. The molecule has 1 aromatic heterocycles. The predicted octanol–water partition coefficient (Wildman–Crippen LogP) is 2.76. The van der Waals surface area contributed by atoms with Crippen LogP contribution in [0.1, 0.15) is 16.8 Å². The first kappa shape index (κ1) is 13.1. The van der Waals surface area contributed by atoms with Crippen LogP contribution in [0, 0.1) is 5.92 Å². The highest BCUT2D eigenvalue weighted by molar-refractivity contribution is 6.10. The summed E-state index contributed by atoms with van der Waals surface area (Å²) in [6, 6.07) is 14.5. The molecular formula is C19H19N3O. The maximum absolute atomic E-state index is 12.6. The van der Waals surface area contributed by atoms with Crippen molar-refractivity contribution in [3.05, 3.63) is 48.0 Å². The monoisotopic (exact) mass is 305 g/mol. The van der Waals surface area contributed by atoms with Crippen LogP contribution in [-0.4, -0.2) is 41.5 Å². The fraction of sp³-hybridized carbons (Fsp3) is 0.316. The van der Waals surface area contributed by atoms with E-state index in [1.807, 2.05) is 30.3 Å². The third-order valence-corrected chi connectivity index (χ3v) is 5.42. The number of aromatic nitrogens is 1. The molecule has 4 nitrogen and oxygen atoms in total. The van der Waals surface area contributed by atoms with Gasteiger partial charge in [0.25, 0.3) is 5.91 Å². The highest BCUT2D eigenvalue weighted by Gasteiger charge is 2.38. The summed E-state index contributed by atoms with van der Waals surface area (Å²) in [5.41, 5.74) is 2.94. The van der Waals surface area contributed by atoms with E-state index in [-0.39, 0.29) is 5.91 Å². The van der Waals surface area contributed by atoms with E-state index < -0.39 is 0 Å². The molecule has 0 aliphatic carbocycles. The number of carbonyl (C=O) groups is 1. The van der Waals surface area contributed by atoms with Crippen molar-refractivity contribution >= 4 is 27.7 Å². The molecule has 23 heavy (non-hydrogen) atoms. The molecule has 3 atom stereocenters. The van der Waals surface area contributed by atoms with Crippen LogP contribution in [0.3, 0.4) is 0 Å². The Morgan fingerprint density at radius 1 is 1.09 bits per heavy atom. The Morgan fingerprint density at radius 3 is 2.78 bits per heavy atom. The van der Waals surface area contributed by atoms with Crippen molar-refractivity contribution in [3.63, 3.8) is 0 Å². The molecule has 0 radical (unpaired) electrons. The Bertz CT molecular complexity index is 913. The van der Waals surface area contributed by atoms with E-state index in [1.54, 1.807) is 0 Å². The second-order valence-electron chi connectivity index (χ2n) is 6.82. The number of rotatable bonds is 2. The summed E-state index contributed by atoms with van der Waals surface area (Å²) in [5, 5.41) is 5.53. The number of para-hydroxylation sites is 1. The average Bonchev–Trinajstić information content (AvgIpc) is 3.27. The van der Waals surface area contributed by atoms with Crippen LogP contribution in [0.5, 0.6) is 0 Å². The molecule has 2 aliphatic rings. The van der Waals surface area contributed by atoms with E-state index in [9.17, 15) is 4.79 Å². The van der Waals surface area contributed by atoms with Gasteiger partial charge in [-0.25, -0.2) is 0 Å². The number of amides is 1. The summed E-state index contributed by atoms with van der Waals surface area (Å²) in [4.78, 5) is 18.5. The molecule has 116 valence electrons. The van der Waals surface area contributed by atoms with Gasteiger partial charge in [-0.3, -0.25) is 4.79 Å². The number of hydrogen-bond donors (Lipinski definition) is 2. The minimum atomic E-state index is 0.0518. The Kier molecular flexibility index (Phi) is 2.76. The minimum absolute atomic E-state index is 0.0518. The van der Waals surface area contributed by atoms with Gasteiger partial charge in [0, 0.05) is 46.5 Å². The Hall–Kier alpha value is -2.33. The summed E-state index contributed by atoms with van der Waals surface area (Å²) < 4.78 is 0. The quantitative estimate of drug-likeness (QED) is 0.765. The first-order chi connectivity index (χ1) is 11.3. The molecular weight excluding hydrogens is 286 g/mol. The van der Waals surface area contributed by atoms with Gasteiger partial charge in [-0.15, -0.1) is 0 Å². The maximum atomic E-state index is 12.6. The largest absolute Gasteiger partial charge is 0.355 e. The molecule has 3 heterocycles. The van der Waals surface area contributed by atoms with E-state index in [1.165, 1.54) is 18.4 Å². The topological polar surface area (TPSA) is 48.1 Å². The fourth-order valence-corrected chi connectivity index (χ4v) is 4.19. The first-order valence-corrected chi connectivity index (χ1v) is 8.31. The zero-order valence-corrected chi connectivity index (χ0v) is 12.9. The molecule has 2 aliphatic heterocycles. The zero-order chi connectivity index (χ0) is 15.4. The highest BCUT2D eigenvalue weighted by atomic mass is 16.1. The molecule has 2 saturated heterocycles. The van der Waals surface area contributed by atoms with Crippen molar-refractivity contribution in [2.24, 2.45) is 5.92 Å². The van der Waals surface area contributed by atoms with E-state index >= 15 is 0 Å². The van der Waals surface area contributed by atoms with Crippen molar-refractivity contribution in [3.8, 4) is 0 Å². The van der Waals surface area contributed by atoms with Crippen molar-refractivity contribution < 1.29 is 4.79 Å². The van der Waals surface area contributed by atoms with Crippen molar-refractivity contribution in [1.29, 1.82) is 0 Å². The van der Waals surface area contributed by atoms with Crippen molar-refractivity contribution in [2.45, 2.75) is 12.5 Å². The number of aromatic amines is 1. The van der Waals surface area contributed by atoms with Gasteiger partial charge in [0.15, 0.2) is 0 Å². The van der Waals surface area contributed by atoms with Gasteiger partial charge in [0.05, 0.1) is 0 Å². The summed E-state index contributed by atoms with van der Waals surface area (Å²) >= 11 is 0. The van der Waals surface area contributed by atoms with E-state index in [4.69, 9.17) is 0 Å². The first-order valence-electron chi connectivity index (χ1n) is 8.31. The Labute approximate surface area is 134 Å². The molecule has 2 N–H and O–H groups in total. The van der Waals surface area contributed by atoms with Crippen LogP contribution < -0.4 is 5.32 Å². The lowest BCUT2D eigenvalue weighted by atomic mass is 9.99. The number of nitrogens with zero attached hydrogens (tertiary/aromatic N) is 1. The molecule has 2 unspecified atom stereocenters. The standard InChI is InChI=1S/C19H19N3O/c23-19(21-18-11-22-8-7-13(18)10-22)12-5-6-17-15(9-12)14-3-1-2-4-16(14)20-17/h1-6,9,13,18,20H,7-8,10-11H2,(H,21,23)/t13-,18?/m0/s1. The molecule has 1 amide bonds. The second-order valence-corrected chi connectivity index (χ2v) is 6.82. The lowest BCUT2D eigenvalue weighted by Gasteiger charge is -2.23. The number of nitrogens with one attached hydrogen (secondary N) is 2. The third kappa shape index (κ3) is 2.05. The van der Waals surface area contributed by atoms with E-state index in [2.05, 4.69) is 27.3 Å². The molecule has 2 fully saturated rings. The molecule has 0 spiro atoms. The number of H-pyrrole nitrogens is 1. The fourth-order valence-electron chi connectivity index (χ4n) is 4.19. The molecule has 2 bridgehead atoms. The van der Waals surface area contributed by atoms with Gasteiger partial charge in [-0.2, -0.15) is 0 Å². The van der Waals surface area contributed by atoms with Crippen molar-refractivity contribution in [2.75, 3.05) is 19.6 Å². The molecule has 5 rings (SSSR count). The van der Waals surface area contributed by atoms with Crippen LogP contribution in [0.15, 0.2) is 42.5 Å². The molecule has 4 heteroatoms. The van der Waals surface area contributed by atoms with Gasteiger partial charge in [0.2, 0.25) is 0 Å². The zero-order valence-electron chi connectivity index (χ0n) is 12.9. The number of hydrogen-bond acceptors (Lipinski definition) is 2. The molecule has 2 aromatic carbocycles. The number of carbonyl (C=O) groups excluding carboxylic acids is 1. The summed E-state index contributed by atoms with van der Waals surface area (Å²) in [6.45, 7) is 3.34. The van der Waals surface area contributed by atoms with Crippen LogP contribution in [0.25, 0.3) is 21.8 Å². The molecule has 3 aromatic rings. The van der Waals surface area contributed by atoms with Crippen LogP contribution in [-0.2, 0) is 0 Å². The smallest absolute Gasteiger partial charge is 0.251 e. The van der Waals surface area contributed by atoms with E-state index in [0.717, 1.165) is 35.1 Å². The second kappa shape index (κ2) is 4.83. The SMILES string of the molecule is O=C(NC1CN2CC[C@H]1C2)c1ccc2[nH]c3ccccc3c2c1. The maximum Gasteiger partial charge on any atom is 0.251 e. The van der Waals surface area contributed by atoms with E-state index in [0.29, 0.717) is 12.0 Å². The van der Waals surface area contributed by atoms with Gasteiger partial charge in [-0.05, 0) is 43.1 Å². The summed E-state index contributed by atoms with van der Waals surface area (Å²) in [7, 11) is 0. The number of piperidine rings is 1. The summed E-state index contributed by atoms with van der Waals surface area (Å²) in [6.07, 6.45) is 1.21. The number of fused-ring (bicyclic) bond motifs is 5.